The molecule has 0 fully saturated rings. The quantitative estimate of drug-likeness (QED) is 0.585. The zero-order valence-electron chi connectivity index (χ0n) is 16.6. The molecule has 0 aliphatic carbocycles. The van der Waals surface area contributed by atoms with Gasteiger partial charge < -0.3 is 30.3 Å². The highest BCUT2D eigenvalue weighted by molar-refractivity contribution is 5.94. The van der Waals surface area contributed by atoms with Gasteiger partial charge in [-0.25, -0.2) is 9.59 Å². The molecular formula is C20H26N4O5. The average molecular weight is 402 g/mol. The normalized spacial score (nSPS) is 18.2. The van der Waals surface area contributed by atoms with Crippen LogP contribution in [0.25, 0.3) is 0 Å². The van der Waals surface area contributed by atoms with E-state index in [9.17, 15) is 14.4 Å². The molecule has 1 atom stereocenters. The van der Waals surface area contributed by atoms with Crippen molar-refractivity contribution in [3.05, 3.63) is 35.5 Å². The molecule has 3 rings (SSSR count). The molecule has 2 aliphatic rings. The van der Waals surface area contributed by atoms with Gasteiger partial charge in [-0.2, -0.15) is 0 Å². The minimum Gasteiger partial charge on any atom is -0.477 e. The molecule has 1 aromatic carbocycles. The van der Waals surface area contributed by atoms with Crippen LogP contribution in [0.5, 0.6) is 5.75 Å². The summed E-state index contributed by atoms with van der Waals surface area (Å²) in [7, 11) is 0. The minimum atomic E-state index is -0.694. The molecule has 3 N–H and O–H groups in total. The molecule has 3 amide bonds. The van der Waals surface area contributed by atoms with Crippen LogP contribution in [0, 0.1) is 0 Å². The summed E-state index contributed by atoms with van der Waals surface area (Å²) in [6.45, 7) is 5.13. The summed E-state index contributed by atoms with van der Waals surface area (Å²) < 4.78 is 11.0. The van der Waals surface area contributed by atoms with E-state index in [1.165, 1.54) is 0 Å². The fourth-order valence-electron chi connectivity index (χ4n) is 3.23. The summed E-state index contributed by atoms with van der Waals surface area (Å²) in [5.74, 6) is -0.0944. The lowest BCUT2D eigenvalue weighted by molar-refractivity contribution is -0.138. The smallest absolute Gasteiger partial charge is 0.337 e. The second-order valence-corrected chi connectivity index (χ2v) is 6.73. The standard InChI is InChI=1S/C20H26N4O5/c1-3-9-21-18(25)17-12-24(15-7-5-6-8-16(15)29-17)11-14-13(19(26)28-4-2)10-22-20(27)23-14/h5-8,17H,3-4,9-12H2,1-2H3,(H,21,25)(H2,22,23,27)/t17-/m0/s1. The summed E-state index contributed by atoms with van der Waals surface area (Å²) >= 11 is 0. The molecule has 0 unspecified atom stereocenters. The Bertz CT molecular complexity index is 823. The molecule has 29 heavy (non-hydrogen) atoms. The number of benzene rings is 1. The first-order chi connectivity index (χ1) is 14.0. The average Bonchev–Trinajstić information content (AvgIpc) is 2.72. The van der Waals surface area contributed by atoms with Crippen LogP contribution in [-0.2, 0) is 14.3 Å². The van der Waals surface area contributed by atoms with Crippen molar-refractivity contribution in [3.8, 4) is 5.75 Å². The van der Waals surface area contributed by atoms with Crippen LogP contribution in [0.4, 0.5) is 10.5 Å². The molecule has 2 aliphatic heterocycles. The van der Waals surface area contributed by atoms with Gasteiger partial charge in [0.2, 0.25) is 0 Å². The third-order valence-corrected chi connectivity index (χ3v) is 4.63. The summed E-state index contributed by atoms with van der Waals surface area (Å²) in [5, 5.41) is 8.15. The summed E-state index contributed by atoms with van der Waals surface area (Å²) in [4.78, 5) is 38.6. The van der Waals surface area contributed by atoms with Gasteiger partial charge in [0, 0.05) is 6.54 Å². The number of para-hydroxylation sites is 2. The van der Waals surface area contributed by atoms with E-state index in [1.807, 2.05) is 30.0 Å². The number of carbonyl (C=O) groups is 3. The summed E-state index contributed by atoms with van der Waals surface area (Å²) in [6, 6.07) is 6.99. The van der Waals surface area contributed by atoms with Gasteiger partial charge in [-0.1, -0.05) is 19.1 Å². The summed E-state index contributed by atoms with van der Waals surface area (Å²) in [6.07, 6.45) is 0.133. The van der Waals surface area contributed by atoms with Gasteiger partial charge in [0.1, 0.15) is 5.75 Å². The molecular weight excluding hydrogens is 376 g/mol. The van der Waals surface area contributed by atoms with Gasteiger partial charge in [0.15, 0.2) is 6.10 Å². The first-order valence-corrected chi connectivity index (χ1v) is 9.75. The van der Waals surface area contributed by atoms with Crippen LogP contribution < -0.4 is 25.6 Å². The van der Waals surface area contributed by atoms with Gasteiger partial charge in [-0.3, -0.25) is 4.79 Å². The number of carbonyl (C=O) groups excluding carboxylic acids is 3. The molecule has 0 saturated heterocycles. The van der Waals surface area contributed by atoms with E-state index in [4.69, 9.17) is 9.47 Å². The zero-order valence-corrected chi connectivity index (χ0v) is 16.6. The molecule has 1 aromatic rings. The maximum Gasteiger partial charge on any atom is 0.337 e. The number of fused-ring (bicyclic) bond motifs is 1. The van der Waals surface area contributed by atoms with Gasteiger partial charge in [0.05, 0.1) is 43.2 Å². The van der Waals surface area contributed by atoms with Crippen LogP contribution in [0.15, 0.2) is 35.5 Å². The first kappa shape index (κ1) is 20.5. The number of ether oxygens (including phenoxy) is 2. The van der Waals surface area contributed by atoms with E-state index in [2.05, 4.69) is 16.0 Å². The fraction of sp³-hybridized carbons (Fsp3) is 0.450. The molecule has 156 valence electrons. The number of rotatable bonds is 7. The molecule has 0 aromatic heterocycles. The highest BCUT2D eigenvalue weighted by Gasteiger charge is 2.33. The van der Waals surface area contributed by atoms with E-state index in [-0.39, 0.29) is 38.2 Å². The Kier molecular flexibility index (Phi) is 6.58. The van der Waals surface area contributed by atoms with Crippen molar-refractivity contribution in [2.45, 2.75) is 26.4 Å². The number of esters is 1. The van der Waals surface area contributed by atoms with Crippen molar-refractivity contribution in [2.75, 3.05) is 37.7 Å². The van der Waals surface area contributed by atoms with Crippen LogP contribution in [0.1, 0.15) is 20.3 Å². The molecule has 9 nitrogen and oxygen atoms in total. The Morgan fingerprint density at radius 3 is 2.86 bits per heavy atom. The maximum atomic E-state index is 12.5. The second kappa shape index (κ2) is 9.31. The molecule has 0 saturated carbocycles. The van der Waals surface area contributed by atoms with Crippen molar-refractivity contribution < 1.29 is 23.9 Å². The number of hydrogen-bond acceptors (Lipinski definition) is 6. The van der Waals surface area contributed by atoms with E-state index in [1.54, 1.807) is 13.0 Å². The van der Waals surface area contributed by atoms with E-state index in [0.29, 0.717) is 23.6 Å². The molecule has 2 heterocycles. The highest BCUT2D eigenvalue weighted by atomic mass is 16.5. The predicted molar refractivity (Wildman–Crippen MR) is 107 cm³/mol. The zero-order chi connectivity index (χ0) is 20.8. The molecule has 0 spiro atoms. The Hall–Kier alpha value is -3.23. The second-order valence-electron chi connectivity index (χ2n) is 6.73. The Morgan fingerprint density at radius 2 is 2.10 bits per heavy atom. The number of nitrogens with zero attached hydrogens (tertiary/aromatic N) is 1. The number of amides is 3. The third-order valence-electron chi connectivity index (χ3n) is 4.63. The van der Waals surface area contributed by atoms with E-state index < -0.39 is 12.1 Å². The molecule has 9 heteroatoms. The van der Waals surface area contributed by atoms with Crippen molar-refractivity contribution in [3.63, 3.8) is 0 Å². The lowest BCUT2D eigenvalue weighted by atomic mass is 10.1. The van der Waals surface area contributed by atoms with Crippen LogP contribution >= 0.6 is 0 Å². The van der Waals surface area contributed by atoms with Gasteiger partial charge >= 0.3 is 12.0 Å². The number of nitrogens with one attached hydrogen (secondary N) is 3. The Balaban J connectivity index is 1.87. The van der Waals surface area contributed by atoms with Crippen molar-refractivity contribution in [2.24, 2.45) is 0 Å². The van der Waals surface area contributed by atoms with Crippen molar-refractivity contribution in [1.82, 2.24) is 16.0 Å². The minimum absolute atomic E-state index is 0.0897. The van der Waals surface area contributed by atoms with Crippen molar-refractivity contribution in [1.29, 1.82) is 0 Å². The maximum absolute atomic E-state index is 12.5. The third kappa shape index (κ3) is 4.79. The highest BCUT2D eigenvalue weighted by Crippen LogP contribution is 2.33. The topological polar surface area (TPSA) is 109 Å². The fourth-order valence-corrected chi connectivity index (χ4v) is 3.23. The number of anilines is 1. The van der Waals surface area contributed by atoms with E-state index in [0.717, 1.165) is 12.1 Å². The first-order valence-electron chi connectivity index (χ1n) is 9.75. The van der Waals surface area contributed by atoms with Gasteiger partial charge in [0.25, 0.3) is 5.91 Å². The van der Waals surface area contributed by atoms with Crippen LogP contribution in [-0.4, -0.2) is 56.8 Å². The van der Waals surface area contributed by atoms with Crippen LogP contribution in [0.2, 0.25) is 0 Å². The lowest BCUT2D eigenvalue weighted by Crippen LogP contribution is -2.52. The van der Waals surface area contributed by atoms with E-state index >= 15 is 0 Å². The molecule has 0 bridgehead atoms. The Morgan fingerprint density at radius 1 is 1.31 bits per heavy atom. The number of hydrogen-bond donors (Lipinski definition) is 3. The lowest BCUT2D eigenvalue weighted by Gasteiger charge is -2.37. The summed E-state index contributed by atoms with van der Waals surface area (Å²) in [5.41, 5.74) is 1.61. The Labute approximate surface area is 169 Å². The van der Waals surface area contributed by atoms with Crippen LogP contribution in [0.3, 0.4) is 0 Å². The monoisotopic (exact) mass is 402 g/mol. The van der Waals surface area contributed by atoms with Gasteiger partial charge in [-0.05, 0) is 25.5 Å². The SMILES string of the molecule is CCCNC(=O)[C@@H]1CN(CC2=C(C(=O)OCC)CNC(=O)N2)c2ccccc2O1. The molecule has 0 radical (unpaired) electrons. The van der Waals surface area contributed by atoms with Crippen molar-refractivity contribution >= 4 is 23.6 Å². The van der Waals surface area contributed by atoms with Gasteiger partial charge in [-0.15, -0.1) is 0 Å². The largest absolute Gasteiger partial charge is 0.477 e. The number of urea groups is 1. The predicted octanol–water partition coefficient (Wildman–Crippen LogP) is 0.910.